The molecule has 2 atom stereocenters. The summed E-state index contributed by atoms with van der Waals surface area (Å²) in [5, 5.41) is 3.43. The van der Waals surface area contributed by atoms with Gasteiger partial charge in [-0.25, -0.2) is 0 Å². The van der Waals surface area contributed by atoms with E-state index in [0.29, 0.717) is 6.61 Å². The number of guanidine groups is 1. The van der Waals surface area contributed by atoms with Crippen LogP contribution in [0.5, 0.6) is 0 Å². The first-order valence-electron chi connectivity index (χ1n) is 9.83. The number of likely N-dealkylation sites (tertiary alicyclic amines) is 1. The third-order valence-corrected chi connectivity index (χ3v) is 5.29. The molecule has 2 unspecified atom stereocenters. The van der Waals surface area contributed by atoms with Gasteiger partial charge in [-0.3, -0.25) is 9.79 Å². The molecule has 0 radical (unpaired) electrons. The summed E-state index contributed by atoms with van der Waals surface area (Å²) in [4.78, 5) is 19.1. The van der Waals surface area contributed by atoms with Crippen molar-refractivity contribution >= 4 is 35.9 Å². The van der Waals surface area contributed by atoms with E-state index >= 15 is 0 Å². The van der Waals surface area contributed by atoms with Crippen LogP contribution in [0.4, 0.5) is 0 Å². The molecule has 25 heavy (non-hydrogen) atoms. The number of carbonyl (C=O) groups is 1. The van der Waals surface area contributed by atoms with Gasteiger partial charge in [0.05, 0.1) is 12.5 Å². The largest absolute Gasteiger partial charge is 0.466 e. The predicted molar refractivity (Wildman–Crippen MR) is 113 cm³/mol. The second-order valence-corrected chi connectivity index (χ2v) is 7.35. The fraction of sp³-hybridized carbons (Fsp3) is 0.895. The summed E-state index contributed by atoms with van der Waals surface area (Å²) in [6.07, 6.45) is 7.09. The lowest BCUT2D eigenvalue weighted by Gasteiger charge is -2.34. The average molecular weight is 465 g/mol. The number of hydrogen-bond acceptors (Lipinski definition) is 3. The Hall–Kier alpha value is -0.530. The number of nitrogens with one attached hydrogen (secondary N) is 1. The van der Waals surface area contributed by atoms with Gasteiger partial charge >= 0.3 is 5.97 Å². The van der Waals surface area contributed by atoms with Gasteiger partial charge in [-0.15, -0.1) is 24.0 Å². The van der Waals surface area contributed by atoms with E-state index in [0.717, 1.165) is 56.8 Å². The number of aliphatic imine (C=N–C) groups is 1. The van der Waals surface area contributed by atoms with Crippen LogP contribution < -0.4 is 5.32 Å². The molecule has 1 aliphatic heterocycles. The molecule has 5 nitrogen and oxygen atoms in total. The van der Waals surface area contributed by atoms with Crippen molar-refractivity contribution in [3.63, 3.8) is 0 Å². The number of halogens is 1. The van der Waals surface area contributed by atoms with Crippen LogP contribution in [0.3, 0.4) is 0 Å². The van der Waals surface area contributed by atoms with E-state index in [4.69, 9.17) is 9.73 Å². The van der Waals surface area contributed by atoms with Crippen LogP contribution in [0.25, 0.3) is 0 Å². The minimum atomic E-state index is -0.0321. The van der Waals surface area contributed by atoms with Crippen LogP contribution >= 0.6 is 24.0 Å². The predicted octanol–water partition coefficient (Wildman–Crippen LogP) is 3.67. The zero-order chi connectivity index (χ0) is 17.4. The van der Waals surface area contributed by atoms with Gasteiger partial charge in [-0.2, -0.15) is 0 Å². The van der Waals surface area contributed by atoms with Crippen LogP contribution in [-0.2, 0) is 9.53 Å². The Balaban J connectivity index is 0.00000312. The first-order chi connectivity index (χ1) is 11.6. The smallest absolute Gasteiger partial charge is 0.309 e. The van der Waals surface area contributed by atoms with E-state index in [1.807, 2.05) is 6.92 Å². The summed E-state index contributed by atoms with van der Waals surface area (Å²) in [5.41, 5.74) is 0. The highest BCUT2D eigenvalue weighted by atomic mass is 127. The molecule has 6 heteroatoms. The minimum absolute atomic E-state index is 0. The third-order valence-electron chi connectivity index (χ3n) is 5.29. The monoisotopic (exact) mass is 465 g/mol. The van der Waals surface area contributed by atoms with Crippen LogP contribution in [0.2, 0.25) is 0 Å². The molecule has 146 valence electrons. The Labute approximate surface area is 170 Å². The van der Waals surface area contributed by atoms with E-state index in [2.05, 4.69) is 24.1 Å². The topological polar surface area (TPSA) is 53.9 Å². The summed E-state index contributed by atoms with van der Waals surface area (Å²) < 4.78 is 5.16. The van der Waals surface area contributed by atoms with Gasteiger partial charge in [0.1, 0.15) is 0 Å². The number of esters is 1. The summed E-state index contributed by atoms with van der Waals surface area (Å²) in [5.74, 6) is 2.64. The zero-order valence-corrected chi connectivity index (χ0v) is 18.5. The molecule has 2 fully saturated rings. The zero-order valence-electron chi connectivity index (χ0n) is 16.1. The van der Waals surface area contributed by atoms with Crippen LogP contribution in [-0.4, -0.2) is 49.6 Å². The number of nitrogens with zero attached hydrogens (tertiary/aromatic N) is 2. The number of hydrogen-bond donors (Lipinski definition) is 1. The molecule has 1 aliphatic carbocycles. The maximum atomic E-state index is 11.9. The van der Waals surface area contributed by atoms with Crippen molar-refractivity contribution in [3.05, 3.63) is 0 Å². The lowest BCUT2D eigenvalue weighted by molar-refractivity contribution is -0.149. The minimum Gasteiger partial charge on any atom is -0.466 e. The standard InChI is InChI=1S/C19H35N3O2.HI/c1-4-20-19(21-14-16-8-6-7-15(3)13-16)22-11-9-17(10-12-22)18(23)24-5-2;/h15-17H,4-14H2,1-3H3,(H,20,21);1H. The molecule has 1 saturated heterocycles. The van der Waals surface area contributed by atoms with Crippen molar-refractivity contribution in [3.8, 4) is 0 Å². The van der Waals surface area contributed by atoms with Crippen molar-refractivity contribution < 1.29 is 9.53 Å². The molecule has 0 spiro atoms. The Morgan fingerprint density at radius 2 is 1.92 bits per heavy atom. The molecule has 1 N–H and O–H groups in total. The Morgan fingerprint density at radius 3 is 2.52 bits per heavy atom. The van der Waals surface area contributed by atoms with Gasteiger partial charge in [-0.05, 0) is 51.4 Å². The lowest BCUT2D eigenvalue weighted by atomic mass is 9.82. The van der Waals surface area contributed by atoms with Gasteiger partial charge in [0.15, 0.2) is 5.96 Å². The third kappa shape index (κ3) is 7.31. The van der Waals surface area contributed by atoms with E-state index in [1.54, 1.807) is 0 Å². The molecule has 0 bridgehead atoms. The number of carbonyl (C=O) groups excluding carboxylic acids is 1. The summed E-state index contributed by atoms with van der Waals surface area (Å²) in [6, 6.07) is 0. The van der Waals surface area contributed by atoms with Crippen LogP contribution in [0.15, 0.2) is 4.99 Å². The molecule has 0 aromatic heterocycles. The first-order valence-corrected chi connectivity index (χ1v) is 9.83. The summed E-state index contributed by atoms with van der Waals surface area (Å²) >= 11 is 0. The average Bonchev–Trinajstić information content (AvgIpc) is 2.59. The van der Waals surface area contributed by atoms with Gasteiger partial charge in [0.2, 0.25) is 0 Å². The SMILES string of the molecule is CCNC(=NCC1CCCC(C)C1)N1CCC(C(=O)OCC)CC1.I. The summed E-state index contributed by atoms with van der Waals surface area (Å²) in [6.45, 7) is 10.4. The van der Waals surface area contributed by atoms with Crippen molar-refractivity contribution in [2.75, 3.05) is 32.8 Å². The maximum Gasteiger partial charge on any atom is 0.309 e. The van der Waals surface area contributed by atoms with Gasteiger partial charge < -0.3 is 15.0 Å². The van der Waals surface area contributed by atoms with E-state index < -0.39 is 0 Å². The molecule has 0 amide bonds. The summed E-state index contributed by atoms with van der Waals surface area (Å²) in [7, 11) is 0. The molecule has 2 aliphatic rings. The quantitative estimate of drug-likeness (QED) is 0.292. The molecule has 0 aromatic rings. The first kappa shape index (κ1) is 22.5. The molecular formula is C19H36IN3O2. The molecular weight excluding hydrogens is 429 g/mol. The second-order valence-electron chi connectivity index (χ2n) is 7.35. The molecule has 0 aromatic carbocycles. The van der Waals surface area contributed by atoms with Crippen LogP contribution in [0, 0.1) is 17.8 Å². The van der Waals surface area contributed by atoms with Crippen molar-refractivity contribution in [2.45, 2.75) is 59.3 Å². The highest BCUT2D eigenvalue weighted by Crippen LogP contribution is 2.28. The van der Waals surface area contributed by atoms with E-state index in [9.17, 15) is 4.79 Å². The highest BCUT2D eigenvalue weighted by Gasteiger charge is 2.27. The van der Waals surface area contributed by atoms with Crippen LogP contribution in [0.1, 0.15) is 59.3 Å². The molecule has 2 rings (SSSR count). The fourth-order valence-electron chi connectivity index (χ4n) is 3.95. The van der Waals surface area contributed by atoms with Gasteiger partial charge in [0.25, 0.3) is 0 Å². The maximum absolute atomic E-state index is 11.9. The number of ether oxygens (including phenoxy) is 1. The molecule has 1 heterocycles. The van der Waals surface area contributed by atoms with Gasteiger partial charge in [0, 0.05) is 26.2 Å². The van der Waals surface area contributed by atoms with Crippen molar-refractivity contribution in [2.24, 2.45) is 22.7 Å². The Morgan fingerprint density at radius 1 is 1.20 bits per heavy atom. The lowest BCUT2D eigenvalue weighted by Crippen LogP contribution is -2.47. The van der Waals surface area contributed by atoms with E-state index in [1.165, 1.54) is 25.7 Å². The number of piperidine rings is 1. The number of rotatable bonds is 5. The van der Waals surface area contributed by atoms with Crippen molar-refractivity contribution in [1.29, 1.82) is 0 Å². The normalized spacial score (nSPS) is 25.2. The fourth-order valence-corrected chi connectivity index (χ4v) is 3.95. The Bertz CT molecular complexity index is 423. The highest BCUT2D eigenvalue weighted by molar-refractivity contribution is 14.0. The van der Waals surface area contributed by atoms with E-state index in [-0.39, 0.29) is 35.9 Å². The molecule has 1 saturated carbocycles. The van der Waals surface area contributed by atoms with Crippen molar-refractivity contribution in [1.82, 2.24) is 10.2 Å². The second kappa shape index (κ2) is 12.0. The van der Waals surface area contributed by atoms with Gasteiger partial charge in [-0.1, -0.05) is 19.8 Å². The Kier molecular flexibility index (Phi) is 10.8.